The van der Waals surface area contributed by atoms with Crippen LogP contribution in [0.4, 0.5) is 0 Å². The largest absolute Gasteiger partial charge is 0.497 e. The van der Waals surface area contributed by atoms with E-state index in [2.05, 4.69) is 39.8 Å². The number of nitrogens with zero attached hydrogens (tertiary/aromatic N) is 3. The van der Waals surface area contributed by atoms with Gasteiger partial charge in [0.2, 0.25) is 0 Å². The van der Waals surface area contributed by atoms with Crippen molar-refractivity contribution >= 4 is 0 Å². The molecule has 1 aromatic heterocycles. The SMILES string of the molecule is COc1ccc(CNCc2nn(C)nc2-c2ccccc2)cc1. The van der Waals surface area contributed by atoms with Crippen LogP contribution >= 0.6 is 0 Å². The first-order chi connectivity index (χ1) is 11.3. The number of nitrogens with one attached hydrogen (secondary N) is 1. The van der Waals surface area contributed by atoms with Gasteiger partial charge in [0.15, 0.2) is 0 Å². The topological polar surface area (TPSA) is 52.0 Å². The quantitative estimate of drug-likeness (QED) is 0.761. The highest BCUT2D eigenvalue weighted by Crippen LogP contribution is 2.19. The summed E-state index contributed by atoms with van der Waals surface area (Å²) in [4.78, 5) is 1.62. The minimum absolute atomic E-state index is 0.671. The van der Waals surface area contributed by atoms with E-state index in [1.807, 2.05) is 37.4 Å². The molecule has 0 radical (unpaired) electrons. The minimum atomic E-state index is 0.671. The van der Waals surface area contributed by atoms with Crippen LogP contribution in [-0.2, 0) is 20.1 Å². The Hall–Kier alpha value is -2.66. The molecule has 0 amide bonds. The molecular formula is C18H20N4O. The van der Waals surface area contributed by atoms with Gasteiger partial charge < -0.3 is 10.1 Å². The highest BCUT2D eigenvalue weighted by atomic mass is 16.5. The van der Waals surface area contributed by atoms with Crippen molar-refractivity contribution in [1.29, 1.82) is 0 Å². The first-order valence-corrected chi connectivity index (χ1v) is 7.55. The number of hydrogen-bond donors (Lipinski definition) is 1. The number of rotatable bonds is 6. The number of aromatic nitrogens is 3. The fourth-order valence-electron chi connectivity index (χ4n) is 2.45. The highest BCUT2D eigenvalue weighted by Gasteiger charge is 2.11. The fraction of sp³-hybridized carbons (Fsp3) is 0.222. The van der Waals surface area contributed by atoms with E-state index in [1.165, 1.54) is 5.56 Å². The molecule has 3 rings (SSSR count). The monoisotopic (exact) mass is 308 g/mol. The van der Waals surface area contributed by atoms with Gasteiger partial charge in [-0.1, -0.05) is 42.5 Å². The zero-order chi connectivity index (χ0) is 16.1. The van der Waals surface area contributed by atoms with E-state index in [-0.39, 0.29) is 0 Å². The smallest absolute Gasteiger partial charge is 0.118 e. The number of ether oxygens (including phenoxy) is 1. The highest BCUT2D eigenvalue weighted by molar-refractivity contribution is 5.60. The molecule has 0 saturated carbocycles. The van der Waals surface area contributed by atoms with E-state index >= 15 is 0 Å². The predicted octanol–water partition coefficient (Wildman–Crippen LogP) is 2.78. The summed E-state index contributed by atoms with van der Waals surface area (Å²) in [5, 5.41) is 12.4. The van der Waals surface area contributed by atoms with Crippen LogP contribution in [0.15, 0.2) is 54.6 Å². The summed E-state index contributed by atoms with van der Waals surface area (Å²) in [6.07, 6.45) is 0. The molecule has 0 bridgehead atoms. The van der Waals surface area contributed by atoms with E-state index in [1.54, 1.807) is 11.9 Å². The van der Waals surface area contributed by atoms with E-state index in [0.29, 0.717) is 6.54 Å². The lowest BCUT2D eigenvalue weighted by molar-refractivity contribution is 0.414. The van der Waals surface area contributed by atoms with Gasteiger partial charge in [0.05, 0.1) is 7.11 Å². The molecule has 23 heavy (non-hydrogen) atoms. The second-order valence-corrected chi connectivity index (χ2v) is 5.30. The molecule has 118 valence electrons. The van der Waals surface area contributed by atoms with Gasteiger partial charge in [-0.3, -0.25) is 0 Å². The predicted molar refractivity (Wildman–Crippen MR) is 90.0 cm³/mol. The van der Waals surface area contributed by atoms with Crippen LogP contribution in [0.5, 0.6) is 5.75 Å². The van der Waals surface area contributed by atoms with E-state index < -0.39 is 0 Å². The van der Waals surface area contributed by atoms with Gasteiger partial charge in [0.25, 0.3) is 0 Å². The average Bonchev–Trinajstić information content (AvgIpc) is 2.97. The Kier molecular flexibility index (Phi) is 4.68. The summed E-state index contributed by atoms with van der Waals surface area (Å²) in [6, 6.07) is 18.2. The van der Waals surface area contributed by atoms with Gasteiger partial charge in [-0.25, -0.2) is 0 Å². The maximum Gasteiger partial charge on any atom is 0.118 e. The zero-order valence-corrected chi connectivity index (χ0v) is 13.4. The van der Waals surface area contributed by atoms with Crippen molar-refractivity contribution in [1.82, 2.24) is 20.3 Å². The molecule has 3 aromatic rings. The van der Waals surface area contributed by atoms with Gasteiger partial charge in [-0.15, -0.1) is 0 Å². The van der Waals surface area contributed by atoms with Gasteiger partial charge >= 0.3 is 0 Å². The van der Waals surface area contributed by atoms with Crippen LogP contribution in [0.2, 0.25) is 0 Å². The molecule has 1 N–H and O–H groups in total. The Morgan fingerprint density at radius 2 is 1.70 bits per heavy atom. The van der Waals surface area contributed by atoms with Crippen molar-refractivity contribution in [2.24, 2.45) is 7.05 Å². The lowest BCUT2D eigenvalue weighted by Crippen LogP contribution is -2.13. The third-order valence-electron chi connectivity index (χ3n) is 3.61. The van der Waals surface area contributed by atoms with E-state index in [4.69, 9.17) is 4.74 Å². The maximum atomic E-state index is 5.17. The Bertz CT molecular complexity index is 750. The van der Waals surface area contributed by atoms with Crippen molar-refractivity contribution in [2.45, 2.75) is 13.1 Å². The Labute approximate surface area is 135 Å². The molecule has 0 aliphatic rings. The first-order valence-electron chi connectivity index (χ1n) is 7.55. The van der Waals surface area contributed by atoms with Crippen molar-refractivity contribution in [3.63, 3.8) is 0 Å². The summed E-state index contributed by atoms with van der Waals surface area (Å²) in [6.45, 7) is 1.44. The second-order valence-electron chi connectivity index (χ2n) is 5.30. The summed E-state index contributed by atoms with van der Waals surface area (Å²) >= 11 is 0. The van der Waals surface area contributed by atoms with E-state index in [0.717, 1.165) is 29.2 Å². The third kappa shape index (κ3) is 3.76. The molecular weight excluding hydrogens is 288 g/mol. The summed E-state index contributed by atoms with van der Waals surface area (Å²) in [7, 11) is 3.52. The third-order valence-corrected chi connectivity index (χ3v) is 3.61. The second kappa shape index (κ2) is 7.07. The summed E-state index contributed by atoms with van der Waals surface area (Å²) in [5.74, 6) is 0.869. The standard InChI is InChI=1S/C18H20N4O/c1-22-20-17(18(21-22)15-6-4-3-5-7-15)13-19-12-14-8-10-16(23-2)11-9-14/h3-11,19H,12-13H2,1-2H3. The average molecular weight is 308 g/mol. The molecule has 2 aromatic carbocycles. The molecule has 0 atom stereocenters. The Balaban J connectivity index is 1.66. The molecule has 1 heterocycles. The zero-order valence-electron chi connectivity index (χ0n) is 13.4. The number of hydrogen-bond acceptors (Lipinski definition) is 4. The van der Waals surface area contributed by atoms with E-state index in [9.17, 15) is 0 Å². The summed E-state index contributed by atoms with van der Waals surface area (Å²) in [5.41, 5.74) is 4.17. The molecule has 0 unspecified atom stereocenters. The molecule has 0 saturated heterocycles. The van der Waals surface area contributed by atoms with Crippen LogP contribution in [0.25, 0.3) is 11.3 Å². The van der Waals surface area contributed by atoms with Gasteiger partial charge in [0.1, 0.15) is 17.1 Å². The van der Waals surface area contributed by atoms with Gasteiger partial charge in [-0.05, 0) is 17.7 Å². The van der Waals surface area contributed by atoms with Crippen LogP contribution in [0, 0.1) is 0 Å². The summed E-state index contributed by atoms with van der Waals surface area (Å²) < 4.78 is 5.17. The molecule has 0 spiro atoms. The maximum absolute atomic E-state index is 5.17. The molecule has 0 aliphatic carbocycles. The van der Waals surface area contributed by atoms with Crippen LogP contribution in [0.3, 0.4) is 0 Å². The van der Waals surface area contributed by atoms with Crippen LogP contribution in [0.1, 0.15) is 11.3 Å². The first kappa shape index (κ1) is 15.2. The van der Waals surface area contributed by atoms with Crippen molar-refractivity contribution in [2.75, 3.05) is 7.11 Å². The van der Waals surface area contributed by atoms with Gasteiger partial charge in [0, 0.05) is 25.7 Å². The molecule has 5 heteroatoms. The molecule has 0 fully saturated rings. The lowest BCUT2D eigenvalue weighted by atomic mass is 10.1. The molecule has 5 nitrogen and oxygen atoms in total. The normalized spacial score (nSPS) is 10.7. The Morgan fingerprint density at radius 1 is 0.957 bits per heavy atom. The van der Waals surface area contributed by atoms with Crippen LogP contribution < -0.4 is 10.1 Å². The minimum Gasteiger partial charge on any atom is -0.497 e. The number of methoxy groups -OCH3 is 1. The van der Waals surface area contributed by atoms with Crippen molar-refractivity contribution < 1.29 is 4.74 Å². The fourth-order valence-corrected chi connectivity index (χ4v) is 2.45. The van der Waals surface area contributed by atoms with Crippen molar-refractivity contribution in [3.05, 3.63) is 65.9 Å². The lowest BCUT2D eigenvalue weighted by Gasteiger charge is -2.06. The van der Waals surface area contributed by atoms with Crippen molar-refractivity contribution in [3.8, 4) is 17.0 Å². The number of aryl methyl sites for hydroxylation is 1. The Morgan fingerprint density at radius 3 is 2.39 bits per heavy atom. The molecule has 0 aliphatic heterocycles. The van der Waals surface area contributed by atoms with Gasteiger partial charge in [-0.2, -0.15) is 15.0 Å². The number of benzene rings is 2. The van der Waals surface area contributed by atoms with Crippen LogP contribution in [-0.4, -0.2) is 22.1 Å².